The van der Waals surface area contributed by atoms with Crippen LogP contribution in [0.2, 0.25) is 0 Å². The molecule has 34 heteroatoms. The van der Waals surface area contributed by atoms with E-state index in [0.29, 0.717) is 78.2 Å². The molecule has 7 N–H and O–H groups in total. The first kappa shape index (κ1) is 121. The second kappa shape index (κ2) is 60.9. The number of nitrogens with one attached hydrogen (secondary N) is 4. The van der Waals surface area contributed by atoms with Crippen molar-refractivity contribution in [2.75, 3.05) is 137 Å². The Hall–Kier alpha value is -8.48. The summed E-state index contributed by atoms with van der Waals surface area (Å²) in [7, 11) is 15.9. The zero-order valence-electron chi connectivity index (χ0n) is 86.0. The molecule has 0 aromatic heterocycles. The molecule has 0 bridgehead atoms. The molecule has 4 rings (SSSR count). The van der Waals surface area contributed by atoms with Crippen LogP contribution < -0.4 is 27.0 Å². The van der Waals surface area contributed by atoms with Crippen molar-refractivity contribution >= 4 is 71.3 Å². The molecule has 2 heterocycles. The van der Waals surface area contributed by atoms with Gasteiger partial charge in [-0.1, -0.05) is 170 Å². The predicted octanol–water partition coefficient (Wildman–Crippen LogP) is 9.90. The Morgan fingerprint density at radius 2 is 0.842 bits per heavy atom. The molecule has 18 atom stereocenters. The predicted molar refractivity (Wildman–Crippen MR) is 511 cm³/mol. The monoisotopic (exact) mass is 1880 g/mol. The van der Waals surface area contributed by atoms with Crippen LogP contribution in [0.15, 0.2) is 60.7 Å². The van der Waals surface area contributed by atoms with Gasteiger partial charge in [-0.25, -0.2) is 19.2 Å². The summed E-state index contributed by atoms with van der Waals surface area (Å²) >= 11 is 0. The molecule has 0 unspecified atom stereocenters. The van der Waals surface area contributed by atoms with Crippen LogP contribution in [0.5, 0.6) is 0 Å². The van der Waals surface area contributed by atoms with Gasteiger partial charge in [0.2, 0.25) is 35.4 Å². The van der Waals surface area contributed by atoms with E-state index in [1.807, 2.05) is 156 Å². The molecule has 2 saturated heterocycles. The molecule has 760 valence electrons. The summed E-state index contributed by atoms with van der Waals surface area (Å²) in [5, 5.41) is 20.1. The van der Waals surface area contributed by atoms with Gasteiger partial charge in [0.25, 0.3) is 0 Å². The number of carbonyl (C=O) groups excluding carboxylic acids is 11. The highest BCUT2D eigenvalue weighted by atomic mass is 16.6. The molecule has 2 aliphatic rings. The number of ether oxygens (including phenoxy) is 10. The number of methoxy groups -OCH3 is 6. The minimum Gasteiger partial charge on any atom is -0.480 e. The number of rotatable bonds is 54. The van der Waals surface area contributed by atoms with Crippen LogP contribution in [-0.2, 0) is 108 Å². The van der Waals surface area contributed by atoms with E-state index in [1.165, 1.54) is 28.4 Å². The number of ketones is 1. The molecule has 2 fully saturated rings. The fraction of sp³-hybridized carbons (Fsp3) is 0.758. The lowest BCUT2D eigenvalue weighted by molar-refractivity contribution is -0.150. The third kappa shape index (κ3) is 40.8. The number of nitrogens with zero attached hydrogens (tertiary/aromatic N) is 6. The highest BCUT2D eigenvalue weighted by molar-refractivity contribution is 5.91. The number of amides is 8. The number of esters is 2. The molecule has 133 heavy (non-hydrogen) atoms. The van der Waals surface area contributed by atoms with Gasteiger partial charge in [-0.3, -0.25) is 48.2 Å². The smallest absolute Gasteiger partial charge is 0.407 e. The molecule has 0 radical (unpaired) electrons. The third-order valence-corrected chi connectivity index (χ3v) is 25.0. The van der Waals surface area contributed by atoms with Crippen molar-refractivity contribution in [3.63, 3.8) is 0 Å². The average Bonchev–Trinajstić information content (AvgIpc) is 1.79. The number of alkyl carbamates (subject to hydrolysis) is 2. The number of carboxylic acids is 1. The van der Waals surface area contributed by atoms with Crippen molar-refractivity contribution in [2.45, 2.75) is 299 Å². The first-order chi connectivity index (χ1) is 62.4. The van der Waals surface area contributed by atoms with Crippen LogP contribution in [0, 0.1) is 53.3 Å². The second-order valence-electron chi connectivity index (χ2n) is 38.8. The summed E-state index contributed by atoms with van der Waals surface area (Å²) in [6.07, 6.45) is 1.42. The van der Waals surface area contributed by atoms with Gasteiger partial charge in [0.05, 0.1) is 126 Å². The molecule has 2 aliphatic heterocycles. The lowest BCUT2D eigenvalue weighted by atomic mass is 9.83. The van der Waals surface area contributed by atoms with E-state index in [2.05, 4.69) is 21.3 Å². The number of Topliss-reactive ketones (excluding diaryl/α,β-unsaturated/α-hetero) is 1. The summed E-state index contributed by atoms with van der Waals surface area (Å²) in [5.74, 6) is -5.56. The number of hydrogen-bond acceptors (Lipinski definition) is 25. The van der Waals surface area contributed by atoms with Crippen LogP contribution >= 0.6 is 0 Å². The minimum absolute atomic E-state index is 0.0112. The first-order valence-electron chi connectivity index (χ1n) is 47.5. The molecule has 34 nitrogen and oxygen atoms in total. The largest absolute Gasteiger partial charge is 0.480 e. The molecule has 2 aromatic rings. The molecule has 2 aromatic carbocycles. The Balaban J connectivity index is 0.000000765. The van der Waals surface area contributed by atoms with Gasteiger partial charge in [0.1, 0.15) is 29.3 Å². The van der Waals surface area contributed by atoms with Gasteiger partial charge < -0.3 is 99.1 Å². The van der Waals surface area contributed by atoms with E-state index in [9.17, 15) is 57.5 Å². The zero-order chi connectivity index (χ0) is 101. The van der Waals surface area contributed by atoms with E-state index in [-0.39, 0.29) is 134 Å². The third-order valence-electron chi connectivity index (χ3n) is 25.0. The van der Waals surface area contributed by atoms with Crippen molar-refractivity contribution < 1.29 is 110 Å². The van der Waals surface area contributed by atoms with Gasteiger partial charge >= 0.3 is 30.1 Å². The van der Waals surface area contributed by atoms with Crippen molar-refractivity contribution in [1.82, 2.24) is 50.7 Å². The van der Waals surface area contributed by atoms with Gasteiger partial charge in [0.15, 0.2) is 5.78 Å². The molecular formula is C99H171N11O23. The van der Waals surface area contributed by atoms with Crippen molar-refractivity contribution in [3.8, 4) is 0 Å². The Morgan fingerprint density at radius 3 is 1.15 bits per heavy atom. The first-order valence-corrected chi connectivity index (χ1v) is 47.5. The normalized spacial score (nSPS) is 17.7. The fourth-order valence-corrected chi connectivity index (χ4v) is 17.4. The topological polar surface area (TPSA) is 411 Å². The van der Waals surface area contributed by atoms with Crippen LogP contribution in [0.25, 0.3) is 0 Å². The van der Waals surface area contributed by atoms with Crippen LogP contribution in [0.3, 0.4) is 0 Å². The average molecular weight is 1880 g/mol. The highest BCUT2D eigenvalue weighted by Gasteiger charge is 2.47. The number of likely N-dealkylation sites (tertiary alicyclic amines) is 2. The number of aliphatic carboxylic acids is 1. The van der Waals surface area contributed by atoms with Crippen LogP contribution in [0.4, 0.5) is 9.59 Å². The quantitative estimate of drug-likeness (QED) is 0.0204. The second-order valence-corrected chi connectivity index (χ2v) is 38.8. The minimum atomic E-state index is -0.907. The summed E-state index contributed by atoms with van der Waals surface area (Å²) in [6.45, 7) is 41.9. The summed E-state index contributed by atoms with van der Waals surface area (Å²) in [5.41, 5.74) is 6.86. The number of hydrogen-bond donors (Lipinski definition) is 6. The Morgan fingerprint density at radius 1 is 0.481 bits per heavy atom. The maximum atomic E-state index is 14.6. The summed E-state index contributed by atoms with van der Waals surface area (Å²) < 4.78 is 55.3. The molecule has 0 aliphatic carbocycles. The summed E-state index contributed by atoms with van der Waals surface area (Å²) in [4.78, 5) is 168. The van der Waals surface area contributed by atoms with Crippen molar-refractivity contribution in [1.29, 1.82) is 0 Å². The van der Waals surface area contributed by atoms with Gasteiger partial charge in [-0.15, -0.1) is 0 Å². The van der Waals surface area contributed by atoms with Gasteiger partial charge in [0, 0.05) is 107 Å². The lowest BCUT2D eigenvalue weighted by Crippen LogP contribution is -2.56. The number of carboxylic acid groups (broad SMARTS) is 1. The van der Waals surface area contributed by atoms with E-state index in [0.717, 1.165) is 24.0 Å². The fourth-order valence-electron chi connectivity index (χ4n) is 17.4. The van der Waals surface area contributed by atoms with E-state index < -0.39 is 126 Å². The SMILES string of the molecule is CC(C)[C@@H](C(=O)O)N(C)CCOCCNC(=O)OC(C)(C)C.CC[C@H](C)[C@@H]([C@@H](CC(=O)N1CCC[C@H]1[C@H](OC)[C@@H](C)C(=O)N[C@@H](Cc1ccccc1)C(=O)OC)OC)N(C)C(=O)[C@@H](CC(=O)[C@H](C(C)C)N(C)CCOCCNC(=O)OC(C)(C)C)C(C)C.CC[C@H](C)[C@@H]([C@@H](CC(=O)N1CCC[C@H]1[C@H](OC)[C@@H](C)C(=O)N[C@@H](Cc1ccccc1)C(=O)OC)OC)N(C)C(=O)[C@@H](N)C(C)C. The van der Waals surface area contributed by atoms with Gasteiger partial charge in [-0.05, 0) is 128 Å². The number of likely N-dealkylation sites (N-methyl/N-ethyl adjacent to an activating group) is 4. The van der Waals surface area contributed by atoms with Crippen LogP contribution in [0.1, 0.15) is 207 Å². The number of nitrogens with two attached hydrogens (primary N) is 1. The van der Waals surface area contributed by atoms with Crippen molar-refractivity contribution in [2.24, 2.45) is 59.0 Å². The number of benzene rings is 2. The molecule has 8 amide bonds. The standard InChI is InChI=1S/C50H85N5O11.C34H56N4O7.C15H30N2O5/c1-16-34(6)44(54(12)47(59)37(32(2)3)30-40(56)43(33(4)5)53(11)26-28-65-27-24-51-49(61)66-50(8,9)10)41(62-13)31-42(57)55-25-20-23-39(55)45(63-14)35(7)46(58)52-38(48(60)64-15)29-36-21-18-17-19-22-36;1-10-22(4)30(37(6)33(41)29(35)21(2)3)27(43-7)20-28(39)38-18-14-17-26(38)31(44-8)23(5)32(40)36-25(34(42)45-9)19-24-15-12-11-13-16-24;1-11(2)12(13(18)19)17(6)8-10-21-9-7-16-14(20)22-15(3,4)5/h17-19,21-22,32-35,37-39,41,43-45H,16,20,23-31H2,1-15H3,(H,51,61)(H,52,58);11-13,15-16,21-23,25-27,29-31H,10,14,17-20,35H2,1-9H3,(H,36,40);11-12H,7-10H2,1-6H3,(H,16,20)(H,18,19)/t34-,35+,37-,38-,39-,41+,43-,44-,45+;22-,23+,25-,26-,27+,29-,30-,31+;12-/m000/s1. The summed E-state index contributed by atoms with van der Waals surface area (Å²) in [6, 6.07) is 13.8. The Bertz CT molecular complexity index is 3810. The maximum Gasteiger partial charge on any atom is 0.407 e. The van der Waals surface area contributed by atoms with E-state index in [1.54, 1.807) is 115 Å². The van der Waals surface area contributed by atoms with E-state index in [4.69, 9.17) is 58.2 Å². The Labute approximate surface area is 794 Å². The lowest BCUT2D eigenvalue weighted by Gasteiger charge is -2.41. The van der Waals surface area contributed by atoms with Crippen LogP contribution in [-0.4, -0.2) is 332 Å². The number of carbonyl (C=O) groups is 12. The Kier molecular flexibility index (Phi) is 55.2. The van der Waals surface area contributed by atoms with E-state index >= 15 is 0 Å². The zero-order valence-corrected chi connectivity index (χ0v) is 86.0. The maximum absolute atomic E-state index is 14.6. The molecular weight excluding hydrogens is 1710 g/mol. The molecule has 0 saturated carbocycles. The van der Waals surface area contributed by atoms with Crippen molar-refractivity contribution in [3.05, 3.63) is 71.8 Å². The van der Waals surface area contributed by atoms with Gasteiger partial charge in [-0.2, -0.15) is 0 Å². The highest BCUT2D eigenvalue weighted by Crippen LogP contribution is 2.34. The molecule has 0 spiro atoms.